The number of benzene rings is 1. The number of Topliss-reactive ketones (excluding diaryl/α,β-unsaturated/α-hetero) is 1. The molecule has 0 N–H and O–H groups in total. The van der Waals surface area contributed by atoms with Gasteiger partial charge in [0, 0.05) is 5.92 Å². The van der Waals surface area contributed by atoms with Crippen LogP contribution in [0.4, 0.5) is 8.78 Å². The molecule has 1 fully saturated rings. The van der Waals surface area contributed by atoms with Gasteiger partial charge in [0.05, 0.1) is 12.1 Å². The Morgan fingerprint density at radius 2 is 2.05 bits per heavy atom. The summed E-state index contributed by atoms with van der Waals surface area (Å²) >= 11 is 0. The zero-order valence-corrected chi connectivity index (χ0v) is 10.5. The van der Waals surface area contributed by atoms with Gasteiger partial charge >= 0.3 is 0 Å². The van der Waals surface area contributed by atoms with Crippen molar-refractivity contribution in [2.45, 2.75) is 12.8 Å². The molecule has 0 unspecified atom stereocenters. The Bertz CT molecular complexity index is 513. The Morgan fingerprint density at radius 1 is 1.37 bits per heavy atom. The number of carbonyl (C=O) groups is 1. The highest BCUT2D eigenvalue weighted by atomic mass is 19.1. The molecule has 1 aliphatic heterocycles. The molecule has 0 aromatic heterocycles. The average Bonchev–Trinajstić information content (AvgIpc) is 2.42. The first-order valence-electron chi connectivity index (χ1n) is 6.27. The van der Waals surface area contributed by atoms with Crippen molar-refractivity contribution in [3.8, 4) is 12.3 Å². The van der Waals surface area contributed by atoms with E-state index in [1.165, 1.54) is 0 Å². The second-order valence-corrected chi connectivity index (χ2v) is 4.74. The lowest BCUT2D eigenvalue weighted by atomic mass is 9.88. The minimum absolute atomic E-state index is 0.143. The fourth-order valence-electron chi connectivity index (χ4n) is 2.39. The molecular weight excluding hydrogens is 248 g/mol. The van der Waals surface area contributed by atoms with Crippen molar-refractivity contribution in [2.75, 3.05) is 19.6 Å². The minimum Gasteiger partial charge on any atom is -0.294 e. The topological polar surface area (TPSA) is 20.3 Å². The summed E-state index contributed by atoms with van der Waals surface area (Å²) in [4.78, 5) is 14.2. The number of rotatable bonds is 3. The molecule has 2 nitrogen and oxygen atoms in total. The van der Waals surface area contributed by atoms with Gasteiger partial charge in [-0.25, -0.2) is 8.78 Å². The van der Waals surface area contributed by atoms with Crippen LogP contribution in [-0.2, 0) is 0 Å². The monoisotopic (exact) mass is 263 g/mol. The van der Waals surface area contributed by atoms with Crippen molar-refractivity contribution in [2.24, 2.45) is 5.92 Å². The largest absolute Gasteiger partial charge is 0.294 e. The quantitative estimate of drug-likeness (QED) is 0.617. The number of terminal acetylenes is 1. The van der Waals surface area contributed by atoms with Crippen LogP contribution >= 0.6 is 0 Å². The molecule has 0 radical (unpaired) electrons. The van der Waals surface area contributed by atoms with Crippen LogP contribution in [0.3, 0.4) is 0 Å². The predicted molar refractivity (Wildman–Crippen MR) is 68.7 cm³/mol. The van der Waals surface area contributed by atoms with Gasteiger partial charge in [-0.2, -0.15) is 0 Å². The summed E-state index contributed by atoms with van der Waals surface area (Å²) in [5, 5.41) is 0. The van der Waals surface area contributed by atoms with Crippen LogP contribution in [0, 0.1) is 29.9 Å². The number of carbonyl (C=O) groups excluding carboxylic acids is 1. The first-order chi connectivity index (χ1) is 9.11. The highest BCUT2D eigenvalue weighted by Crippen LogP contribution is 2.23. The van der Waals surface area contributed by atoms with E-state index in [9.17, 15) is 13.6 Å². The highest BCUT2D eigenvalue weighted by molar-refractivity contribution is 5.98. The van der Waals surface area contributed by atoms with E-state index in [4.69, 9.17) is 6.42 Å². The van der Waals surface area contributed by atoms with Gasteiger partial charge in [0.15, 0.2) is 5.78 Å². The molecule has 19 heavy (non-hydrogen) atoms. The van der Waals surface area contributed by atoms with E-state index >= 15 is 0 Å². The normalized spacial score (nSPS) is 17.1. The van der Waals surface area contributed by atoms with Gasteiger partial charge in [0.25, 0.3) is 0 Å². The van der Waals surface area contributed by atoms with Crippen LogP contribution in [0.5, 0.6) is 0 Å². The lowest BCUT2D eigenvalue weighted by molar-refractivity contribution is 0.0845. The van der Waals surface area contributed by atoms with Crippen LogP contribution in [0.1, 0.15) is 23.2 Å². The SMILES string of the molecule is C#CCN1CCC(C(=O)c2cc(F)ccc2F)CC1. The number of hydrogen-bond donors (Lipinski definition) is 0. The zero-order valence-electron chi connectivity index (χ0n) is 10.5. The third-order valence-electron chi connectivity index (χ3n) is 3.47. The molecule has 0 bridgehead atoms. The molecule has 0 amide bonds. The van der Waals surface area contributed by atoms with Crippen molar-refractivity contribution in [1.82, 2.24) is 4.90 Å². The minimum atomic E-state index is -0.655. The Morgan fingerprint density at radius 3 is 2.68 bits per heavy atom. The van der Waals surface area contributed by atoms with Crippen molar-refractivity contribution >= 4 is 5.78 Å². The fraction of sp³-hybridized carbons (Fsp3) is 0.400. The lowest BCUT2D eigenvalue weighted by Gasteiger charge is -2.29. The van der Waals surface area contributed by atoms with E-state index < -0.39 is 11.6 Å². The molecule has 0 spiro atoms. The molecule has 0 saturated carbocycles. The summed E-state index contributed by atoms with van der Waals surface area (Å²) in [7, 11) is 0. The number of likely N-dealkylation sites (tertiary alicyclic amines) is 1. The van der Waals surface area contributed by atoms with E-state index in [2.05, 4.69) is 10.8 Å². The second kappa shape index (κ2) is 5.94. The van der Waals surface area contributed by atoms with Crippen LogP contribution in [-0.4, -0.2) is 30.3 Å². The van der Waals surface area contributed by atoms with Crippen LogP contribution in [0.15, 0.2) is 18.2 Å². The first-order valence-corrected chi connectivity index (χ1v) is 6.27. The molecule has 4 heteroatoms. The molecular formula is C15H15F2NO. The van der Waals surface area contributed by atoms with Crippen LogP contribution < -0.4 is 0 Å². The van der Waals surface area contributed by atoms with E-state index in [0.717, 1.165) is 31.3 Å². The molecule has 100 valence electrons. The summed E-state index contributed by atoms with van der Waals surface area (Å²) in [6.45, 7) is 2.00. The van der Waals surface area contributed by atoms with Crippen molar-refractivity contribution in [1.29, 1.82) is 0 Å². The summed E-state index contributed by atoms with van der Waals surface area (Å²) < 4.78 is 26.6. The van der Waals surface area contributed by atoms with Gasteiger partial charge in [-0.15, -0.1) is 6.42 Å². The third-order valence-corrected chi connectivity index (χ3v) is 3.47. The van der Waals surface area contributed by atoms with Gasteiger partial charge < -0.3 is 0 Å². The van der Waals surface area contributed by atoms with E-state index in [1.54, 1.807) is 0 Å². The van der Waals surface area contributed by atoms with Gasteiger partial charge in [-0.05, 0) is 44.1 Å². The first kappa shape index (κ1) is 13.7. The average molecular weight is 263 g/mol. The maximum Gasteiger partial charge on any atom is 0.169 e. The Balaban J connectivity index is 2.05. The number of nitrogens with zero attached hydrogens (tertiary/aromatic N) is 1. The molecule has 2 rings (SSSR count). The smallest absolute Gasteiger partial charge is 0.169 e. The molecule has 1 aromatic rings. The molecule has 1 aromatic carbocycles. The third kappa shape index (κ3) is 3.18. The fourth-order valence-corrected chi connectivity index (χ4v) is 2.39. The Hall–Kier alpha value is -1.73. The molecule has 1 saturated heterocycles. The molecule has 0 atom stereocenters. The predicted octanol–water partition coefficient (Wildman–Crippen LogP) is 2.49. The lowest BCUT2D eigenvalue weighted by Crippen LogP contribution is -2.36. The van der Waals surface area contributed by atoms with Crippen molar-refractivity contribution in [3.05, 3.63) is 35.4 Å². The maximum absolute atomic E-state index is 13.5. The number of ketones is 1. The van der Waals surface area contributed by atoms with Crippen LogP contribution in [0.2, 0.25) is 0 Å². The van der Waals surface area contributed by atoms with E-state index in [1.807, 2.05) is 0 Å². The summed E-state index contributed by atoms with van der Waals surface area (Å²) in [6.07, 6.45) is 6.50. The number of piperidine rings is 1. The Kier molecular flexibility index (Phi) is 4.28. The second-order valence-electron chi connectivity index (χ2n) is 4.74. The van der Waals surface area contributed by atoms with Crippen molar-refractivity contribution < 1.29 is 13.6 Å². The van der Waals surface area contributed by atoms with Gasteiger partial charge in [0.2, 0.25) is 0 Å². The summed E-state index contributed by atoms with van der Waals surface area (Å²) in [5.41, 5.74) is -0.143. The van der Waals surface area contributed by atoms with E-state index in [0.29, 0.717) is 19.4 Å². The van der Waals surface area contributed by atoms with E-state index in [-0.39, 0.29) is 17.3 Å². The molecule has 1 aliphatic rings. The molecule has 0 aliphatic carbocycles. The van der Waals surface area contributed by atoms with Gasteiger partial charge in [-0.3, -0.25) is 9.69 Å². The highest BCUT2D eigenvalue weighted by Gasteiger charge is 2.27. The summed E-state index contributed by atoms with van der Waals surface area (Å²) in [5.74, 6) is 0.765. The zero-order chi connectivity index (χ0) is 13.8. The van der Waals surface area contributed by atoms with Gasteiger partial charge in [0.1, 0.15) is 11.6 Å². The maximum atomic E-state index is 13.5. The van der Waals surface area contributed by atoms with Gasteiger partial charge in [-0.1, -0.05) is 5.92 Å². The van der Waals surface area contributed by atoms with Crippen molar-refractivity contribution in [3.63, 3.8) is 0 Å². The number of hydrogen-bond acceptors (Lipinski definition) is 2. The summed E-state index contributed by atoms with van der Waals surface area (Å²) in [6, 6.07) is 2.99. The van der Waals surface area contributed by atoms with Crippen LogP contribution in [0.25, 0.3) is 0 Å². The Labute approximate surface area is 111 Å². The number of halogens is 2. The molecule has 1 heterocycles. The standard InChI is InChI=1S/C15H15F2NO/c1-2-7-18-8-5-11(6-9-18)15(19)13-10-12(16)3-4-14(13)17/h1,3-4,10-11H,5-9H2.